The Balaban J connectivity index is 2.95. The summed E-state index contributed by atoms with van der Waals surface area (Å²) in [6.07, 6.45) is 0. The molecule has 6 heteroatoms. The van der Waals surface area contributed by atoms with Crippen LogP contribution in [-0.2, 0) is 4.79 Å². The van der Waals surface area contributed by atoms with Gasteiger partial charge in [0.15, 0.2) is 5.84 Å². The summed E-state index contributed by atoms with van der Waals surface area (Å²) < 4.78 is 0. The monoisotopic (exact) mass is 269 g/mol. The van der Waals surface area contributed by atoms with Gasteiger partial charge in [-0.25, -0.2) is 0 Å². The Morgan fingerprint density at radius 3 is 2.61 bits per heavy atom. The molecule has 1 rings (SSSR count). The molecule has 0 aliphatic carbocycles. The summed E-state index contributed by atoms with van der Waals surface area (Å²) in [5.74, 6) is -0.505. The van der Waals surface area contributed by atoms with Crippen LogP contribution in [0.2, 0.25) is 5.02 Å². The molecular weight excluding hydrogens is 254 g/mol. The Morgan fingerprint density at radius 2 is 2.11 bits per heavy atom. The quantitative estimate of drug-likeness (QED) is 0.341. The van der Waals surface area contributed by atoms with Gasteiger partial charge in [-0.3, -0.25) is 4.79 Å². The number of nitrogens with zero attached hydrogens (tertiary/aromatic N) is 1. The molecule has 0 aliphatic heterocycles. The van der Waals surface area contributed by atoms with E-state index in [1.54, 1.807) is 32.0 Å². The first-order chi connectivity index (χ1) is 8.28. The number of aryl methyl sites for hydroxylation is 1. The predicted molar refractivity (Wildman–Crippen MR) is 72.0 cm³/mol. The van der Waals surface area contributed by atoms with Crippen molar-refractivity contribution in [3.8, 4) is 0 Å². The molecule has 5 nitrogen and oxygen atoms in total. The average molecular weight is 270 g/mol. The van der Waals surface area contributed by atoms with Gasteiger partial charge in [0.2, 0.25) is 5.91 Å². The number of hydrogen-bond acceptors (Lipinski definition) is 3. The Bertz CT molecular complexity index is 498. The molecule has 0 radical (unpaired) electrons. The van der Waals surface area contributed by atoms with Crippen molar-refractivity contribution < 1.29 is 10.0 Å². The number of nitrogens with two attached hydrogens (primary N) is 1. The van der Waals surface area contributed by atoms with E-state index in [0.29, 0.717) is 10.7 Å². The standard InChI is InChI=1S/C12H16ClN3O2/c1-7-6-8(13)4-5-9(7)15-11(17)12(2,3)10(14)16-18/h4-6,18H,1-3H3,(H2,14,16)(H,15,17). The van der Waals surface area contributed by atoms with Crippen molar-refractivity contribution in [3.05, 3.63) is 28.8 Å². The molecule has 0 aliphatic rings. The van der Waals surface area contributed by atoms with Crippen LogP contribution in [0.4, 0.5) is 5.69 Å². The number of oxime groups is 1. The SMILES string of the molecule is Cc1cc(Cl)ccc1NC(=O)C(C)(C)C(N)=NO. The van der Waals surface area contributed by atoms with Crippen LogP contribution in [0.3, 0.4) is 0 Å². The number of carbonyl (C=O) groups is 1. The molecule has 4 N–H and O–H groups in total. The number of amidine groups is 1. The maximum absolute atomic E-state index is 12.1. The van der Waals surface area contributed by atoms with E-state index < -0.39 is 5.41 Å². The van der Waals surface area contributed by atoms with Gasteiger partial charge in [0.25, 0.3) is 0 Å². The largest absolute Gasteiger partial charge is 0.409 e. The van der Waals surface area contributed by atoms with Crippen LogP contribution in [0, 0.1) is 12.3 Å². The van der Waals surface area contributed by atoms with Crippen molar-refractivity contribution in [3.63, 3.8) is 0 Å². The molecule has 0 atom stereocenters. The average Bonchev–Trinajstić information content (AvgIpc) is 2.31. The summed E-state index contributed by atoms with van der Waals surface area (Å²) >= 11 is 5.83. The van der Waals surface area contributed by atoms with Gasteiger partial charge in [0.05, 0.1) is 0 Å². The highest BCUT2D eigenvalue weighted by Gasteiger charge is 2.33. The van der Waals surface area contributed by atoms with Gasteiger partial charge in [-0.2, -0.15) is 0 Å². The second kappa shape index (κ2) is 5.27. The highest BCUT2D eigenvalue weighted by molar-refractivity contribution is 6.30. The number of halogens is 1. The van der Waals surface area contributed by atoms with E-state index in [0.717, 1.165) is 5.56 Å². The van der Waals surface area contributed by atoms with E-state index in [2.05, 4.69) is 10.5 Å². The second-order valence-electron chi connectivity index (χ2n) is 4.52. The molecule has 0 saturated heterocycles. The zero-order chi connectivity index (χ0) is 13.9. The first kappa shape index (κ1) is 14.3. The topological polar surface area (TPSA) is 87.7 Å². The maximum Gasteiger partial charge on any atom is 0.237 e. The third-order valence-corrected chi connectivity index (χ3v) is 2.99. The zero-order valence-electron chi connectivity index (χ0n) is 10.5. The van der Waals surface area contributed by atoms with Gasteiger partial charge < -0.3 is 16.3 Å². The van der Waals surface area contributed by atoms with Crippen molar-refractivity contribution in [2.24, 2.45) is 16.3 Å². The Hall–Kier alpha value is -1.75. The summed E-state index contributed by atoms with van der Waals surface area (Å²) in [5.41, 5.74) is 5.87. The van der Waals surface area contributed by atoms with Gasteiger partial charge in [0, 0.05) is 10.7 Å². The van der Waals surface area contributed by atoms with Crippen molar-refractivity contribution in [2.45, 2.75) is 20.8 Å². The Kier molecular flexibility index (Phi) is 4.19. The summed E-state index contributed by atoms with van der Waals surface area (Å²) in [4.78, 5) is 12.1. The van der Waals surface area contributed by atoms with Crippen LogP contribution < -0.4 is 11.1 Å². The molecule has 18 heavy (non-hydrogen) atoms. The number of benzene rings is 1. The van der Waals surface area contributed by atoms with Crippen LogP contribution >= 0.6 is 11.6 Å². The number of carbonyl (C=O) groups excluding carboxylic acids is 1. The summed E-state index contributed by atoms with van der Waals surface area (Å²) in [7, 11) is 0. The number of amides is 1. The maximum atomic E-state index is 12.1. The minimum absolute atomic E-state index is 0.147. The van der Waals surface area contributed by atoms with Crippen molar-refractivity contribution in [1.82, 2.24) is 0 Å². The van der Waals surface area contributed by atoms with Crippen molar-refractivity contribution >= 4 is 29.0 Å². The molecular formula is C12H16ClN3O2. The number of nitrogens with one attached hydrogen (secondary N) is 1. The fourth-order valence-corrected chi connectivity index (χ4v) is 1.51. The number of anilines is 1. The van der Waals surface area contributed by atoms with Crippen molar-refractivity contribution in [2.75, 3.05) is 5.32 Å². The van der Waals surface area contributed by atoms with E-state index in [4.69, 9.17) is 22.5 Å². The number of hydrogen-bond donors (Lipinski definition) is 3. The van der Waals surface area contributed by atoms with Gasteiger partial charge in [-0.15, -0.1) is 0 Å². The first-order valence-corrected chi connectivity index (χ1v) is 5.72. The Labute approximate surface area is 111 Å². The molecule has 98 valence electrons. The molecule has 0 fully saturated rings. The van der Waals surface area contributed by atoms with Crippen LogP contribution in [-0.4, -0.2) is 17.0 Å². The summed E-state index contributed by atoms with van der Waals surface area (Å²) in [6.45, 7) is 4.98. The Morgan fingerprint density at radius 1 is 1.50 bits per heavy atom. The van der Waals surface area contributed by atoms with Gasteiger partial charge in [0.1, 0.15) is 5.41 Å². The molecule has 0 saturated carbocycles. The van der Waals surface area contributed by atoms with E-state index >= 15 is 0 Å². The molecule has 0 aromatic heterocycles. The first-order valence-electron chi connectivity index (χ1n) is 5.34. The molecule has 1 aromatic rings. The van der Waals surface area contributed by atoms with E-state index in [-0.39, 0.29) is 11.7 Å². The lowest BCUT2D eigenvalue weighted by Crippen LogP contribution is -2.42. The molecule has 1 aromatic carbocycles. The van der Waals surface area contributed by atoms with Crippen LogP contribution in [0.15, 0.2) is 23.4 Å². The summed E-state index contributed by atoms with van der Waals surface area (Å²) in [5, 5.41) is 14.8. The zero-order valence-corrected chi connectivity index (χ0v) is 11.2. The normalized spacial score (nSPS) is 12.3. The number of rotatable bonds is 3. The van der Waals surface area contributed by atoms with E-state index in [9.17, 15) is 4.79 Å². The molecule has 0 heterocycles. The molecule has 0 bridgehead atoms. The third-order valence-electron chi connectivity index (χ3n) is 2.75. The second-order valence-corrected chi connectivity index (χ2v) is 4.96. The van der Waals surface area contributed by atoms with Gasteiger partial charge in [-0.05, 0) is 44.5 Å². The molecule has 1 amide bonds. The lowest BCUT2D eigenvalue weighted by atomic mass is 9.90. The fourth-order valence-electron chi connectivity index (χ4n) is 1.29. The van der Waals surface area contributed by atoms with E-state index in [1.807, 2.05) is 6.92 Å². The minimum atomic E-state index is -1.10. The fraction of sp³-hybridized carbons (Fsp3) is 0.333. The van der Waals surface area contributed by atoms with Crippen molar-refractivity contribution in [1.29, 1.82) is 0 Å². The van der Waals surface area contributed by atoms with Crippen LogP contribution in [0.5, 0.6) is 0 Å². The third kappa shape index (κ3) is 2.92. The van der Waals surface area contributed by atoms with Crippen LogP contribution in [0.25, 0.3) is 0 Å². The highest BCUT2D eigenvalue weighted by Crippen LogP contribution is 2.23. The minimum Gasteiger partial charge on any atom is -0.409 e. The lowest BCUT2D eigenvalue weighted by Gasteiger charge is -2.22. The molecule has 0 unspecified atom stereocenters. The summed E-state index contributed by atoms with van der Waals surface area (Å²) in [6, 6.07) is 5.13. The predicted octanol–water partition coefficient (Wildman–Crippen LogP) is 2.36. The van der Waals surface area contributed by atoms with Gasteiger partial charge in [-0.1, -0.05) is 16.8 Å². The molecule has 0 spiro atoms. The highest BCUT2D eigenvalue weighted by atomic mass is 35.5. The smallest absolute Gasteiger partial charge is 0.237 e. The van der Waals surface area contributed by atoms with E-state index in [1.165, 1.54) is 0 Å². The van der Waals surface area contributed by atoms with Crippen LogP contribution in [0.1, 0.15) is 19.4 Å². The lowest BCUT2D eigenvalue weighted by molar-refractivity contribution is -0.121. The van der Waals surface area contributed by atoms with Gasteiger partial charge >= 0.3 is 0 Å².